The Labute approximate surface area is 104 Å². The van der Waals surface area contributed by atoms with Gasteiger partial charge in [0.1, 0.15) is 0 Å². The third-order valence-corrected chi connectivity index (χ3v) is 2.45. The van der Waals surface area contributed by atoms with E-state index in [0.29, 0.717) is 12.4 Å². The number of aromatic nitrogens is 3. The van der Waals surface area contributed by atoms with Gasteiger partial charge in [0.25, 0.3) is 0 Å². The molecule has 2 rings (SSSR count). The van der Waals surface area contributed by atoms with Crippen LogP contribution in [0, 0.1) is 6.92 Å². The number of nitrogens with zero attached hydrogens (tertiary/aromatic N) is 3. The van der Waals surface area contributed by atoms with Crippen LogP contribution in [0.15, 0.2) is 23.1 Å². The third-order valence-electron chi connectivity index (χ3n) is 2.45. The zero-order valence-electron chi connectivity index (χ0n) is 10.3. The summed E-state index contributed by atoms with van der Waals surface area (Å²) in [6, 6.07) is 1.34. The molecule has 0 bridgehead atoms. The highest BCUT2D eigenvalue weighted by molar-refractivity contribution is 5.87. The molecule has 0 aromatic carbocycles. The van der Waals surface area contributed by atoms with Crippen molar-refractivity contribution in [2.75, 3.05) is 11.9 Å². The summed E-state index contributed by atoms with van der Waals surface area (Å²) in [4.78, 5) is 15.5. The average molecular weight is 249 g/mol. The minimum atomic E-state index is -0.312. The largest absolute Gasteiger partial charge is 0.338 e. The molecule has 2 amide bonds. The third kappa shape index (κ3) is 3.09. The Hall–Kier alpha value is -2.31. The number of urea groups is 1. The van der Waals surface area contributed by atoms with Gasteiger partial charge in [-0.05, 0) is 6.92 Å². The molecule has 0 radical (unpaired) electrons. The maximum Gasteiger partial charge on any atom is 0.321 e. The summed E-state index contributed by atoms with van der Waals surface area (Å²) >= 11 is 0. The number of nitrogens with one attached hydrogen (secondary N) is 2. The molecular formula is C11H15N5O2. The Bertz CT molecular complexity index is 531. The molecule has 7 heteroatoms. The van der Waals surface area contributed by atoms with E-state index in [2.05, 4.69) is 20.8 Å². The van der Waals surface area contributed by atoms with Crippen LogP contribution in [0.1, 0.15) is 11.4 Å². The number of anilines is 1. The van der Waals surface area contributed by atoms with Gasteiger partial charge in [-0.3, -0.25) is 5.32 Å². The molecule has 18 heavy (non-hydrogen) atoms. The second kappa shape index (κ2) is 5.35. The lowest BCUT2D eigenvalue weighted by molar-refractivity contribution is 0.251. The van der Waals surface area contributed by atoms with Crippen molar-refractivity contribution in [3.63, 3.8) is 0 Å². The zero-order valence-corrected chi connectivity index (χ0v) is 10.3. The van der Waals surface area contributed by atoms with Crippen LogP contribution in [-0.2, 0) is 13.5 Å². The fourth-order valence-electron chi connectivity index (χ4n) is 1.51. The summed E-state index contributed by atoms with van der Waals surface area (Å²) < 4.78 is 6.79. The van der Waals surface area contributed by atoms with Crippen molar-refractivity contribution in [3.8, 4) is 0 Å². The Morgan fingerprint density at radius 3 is 3.00 bits per heavy atom. The van der Waals surface area contributed by atoms with Crippen LogP contribution >= 0.6 is 0 Å². The topological polar surface area (TPSA) is 85.0 Å². The van der Waals surface area contributed by atoms with Crippen LogP contribution in [-0.4, -0.2) is 27.3 Å². The lowest BCUT2D eigenvalue weighted by atomic mass is 10.3. The number of aryl methyl sites for hydroxylation is 2. The maximum atomic E-state index is 11.5. The molecular weight excluding hydrogens is 234 g/mol. The highest BCUT2D eigenvalue weighted by atomic mass is 16.5. The molecule has 0 spiro atoms. The van der Waals surface area contributed by atoms with Crippen LogP contribution in [0.3, 0.4) is 0 Å². The average Bonchev–Trinajstić information content (AvgIpc) is 2.89. The van der Waals surface area contributed by atoms with E-state index in [4.69, 9.17) is 4.52 Å². The fourth-order valence-corrected chi connectivity index (χ4v) is 1.51. The first kappa shape index (κ1) is 12.2. The van der Waals surface area contributed by atoms with Crippen LogP contribution in [0.5, 0.6) is 0 Å². The van der Waals surface area contributed by atoms with Gasteiger partial charge in [0.2, 0.25) is 5.88 Å². The first-order chi connectivity index (χ1) is 8.65. The van der Waals surface area contributed by atoms with Gasteiger partial charge in [-0.1, -0.05) is 5.16 Å². The summed E-state index contributed by atoms with van der Waals surface area (Å²) in [5, 5.41) is 8.96. The van der Waals surface area contributed by atoms with Crippen LogP contribution in [0.4, 0.5) is 10.7 Å². The summed E-state index contributed by atoms with van der Waals surface area (Å²) in [5.41, 5.74) is 1.78. The monoisotopic (exact) mass is 249 g/mol. The molecule has 2 heterocycles. The van der Waals surface area contributed by atoms with Crippen LogP contribution in [0.2, 0.25) is 0 Å². The summed E-state index contributed by atoms with van der Waals surface area (Å²) in [6.45, 7) is 2.31. The Morgan fingerprint density at radius 1 is 1.56 bits per heavy atom. The molecule has 0 saturated carbocycles. The number of rotatable bonds is 4. The molecule has 0 aliphatic rings. The van der Waals surface area contributed by atoms with E-state index < -0.39 is 0 Å². The van der Waals surface area contributed by atoms with Crippen LogP contribution in [0.25, 0.3) is 0 Å². The summed E-state index contributed by atoms with van der Waals surface area (Å²) in [6.07, 6.45) is 4.23. The van der Waals surface area contributed by atoms with E-state index in [1.54, 1.807) is 25.5 Å². The summed E-state index contributed by atoms with van der Waals surface area (Å²) in [7, 11) is 1.92. The summed E-state index contributed by atoms with van der Waals surface area (Å²) in [5.74, 6) is 0.338. The van der Waals surface area contributed by atoms with Gasteiger partial charge in [-0.25, -0.2) is 9.78 Å². The fraction of sp³-hybridized carbons (Fsp3) is 0.364. The van der Waals surface area contributed by atoms with Gasteiger partial charge in [0.15, 0.2) is 0 Å². The molecule has 0 aliphatic heterocycles. The molecule has 2 aromatic rings. The van der Waals surface area contributed by atoms with Crippen molar-refractivity contribution >= 4 is 11.9 Å². The molecule has 7 nitrogen and oxygen atoms in total. The van der Waals surface area contributed by atoms with Gasteiger partial charge < -0.3 is 14.4 Å². The van der Waals surface area contributed by atoms with Crippen molar-refractivity contribution in [2.45, 2.75) is 13.3 Å². The molecule has 2 aromatic heterocycles. The lowest BCUT2D eigenvalue weighted by Crippen LogP contribution is -2.30. The van der Waals surface area contributed by atoms with Crippen molar-refractivity contribution in [1.82, 2.24) is 20.0 Å². The first-order valence-electron chi connectivity index (χ1n) is 5.58. The van der Waals surface area contributed by atoms with E-state index in [9.17, 15) is 4.79 Å². The lowest BCUT2D eigenvalue weighted by Gasteiger charge is -2.05. The number of hydrogen-bond donors (Lipinski definition) is 2. The molecule has 2 N–H and O–H groups in total. The second-order valence-corrected chi connectivity index (χ2v) is 3.96. The number of imidazole rings is 1. The Kier molecular flexibility index (Phi) is 3.61. The molecule has 96 valence electrons. The quantitative estimate of drug-likeness (QED) is 0.849. The minimum absolute atomic E-state index is 0.312. The number of amides is 2. The SMILES string of the molecule is Cc1cc(NC(=O)NCCc2cncn2C)on1. The predicted molar refractivity (Wildman–Crippen MR) is 65.2 cm³/mol. The van der Waals surface area contributed by atoms with E-state index >= 15 is 0 Å². The van der Waals surface area contributed by atoms with Crippen molar-refractivity contribution in [1.29, 1.82) is 0 Å². The van der Waals surface area contributed by atoms with E-state index in [-0.39, 0.29) is 6.03 Å². The van der Waals surface area contributed by atoms with Crippen LogP contribution < -0.4 is 10.6 Å². The molecule has 0 aliphatic carbocycles. The van der Waals surface area contributed by atoms with Gasteiger partial charge >= 0.3 is 6.03 Å². The Morgan fingerprint density at radius 2 is 2.39 bits per heavy atom. The molecule has 0 atom stereocenters. The van der Waals surface area contributed by atoms with Crippen molar-refractivity contribution < 1.29 is 9.32 Å². The standard InChI is InChI=1S/C11H15N5O2/c1-8-5-10(18-15-8)14-11(17)13-4-3-9-6-12-7-16(9)2/h5-7H,3-4H2,1-2H3,(H2,13,14,17). The van der Waals surface area contributed by atoms with Gasteiger partial charge in [0, 0.05) is 38.0 Å². The van der Waals surface area contributed by atoms with E-state index in [1.165, 1.54) is 0 Å². The second-order valence-electron chi connectivity index (χ2n) is 3.96. The molecule has 0 unspecified atom stereocenters. The van der Waals surface area contributed by atoms with Gasteiger partial charge in [-0.2, -0.15) is 0 Å². The van der Waals surface area contributed by atoms with E-state index in [1.807, 2.05) is 11.6 Å². The normalized spacial score (nSPS) is 10.3. The highest BCUT2D eigenvalue weighted by Crippen LogP contribution is 2.07. The minimum Gasteiger partial charge on any atom is -0.338 e. The highest BCUT2D eigenvalue weighted by Gasteiger charge is 2.06. The van der Waals surface area contributed by atoms with E-state index in [0.717, 1.165) is 17.8 Å². The van der Waals surface area contributed by atoms with Crippen molar-refractivity contribution in [3.05, 3.63) is 30.0 Å². The zero-order chi connectivity index (χ0) is 13.0. The Balaban J connectivity index is 1.74. The number of carbonyl (C=O) groups excluding carboxylic acids is 1. The first-order valence-corrected chi connectivity index (χ1v) is 5.58. The molecule has 0 saturated heterocycles. The smallest absolute Gasteiger partial charge is 0.321 e. The maximum absolute atomic E-state index is 11.5. The van der Waals surface area contributed by atoms with Gasteiger partial charge in [-0.15, -0.1) is 0 Å². The van der Waals surface area contributed by atoms with Gasteiger partial charge in [0.05, 0.1) is 12.0 Å². The van der Waals surface area contributed by atoms with Crippen molar-refractivity contribution in [2.24, 2.45) is 7.05 Å². The number of hydrogen-bond acceptors (Lipinski definition) is 4. The predicted octanol–water partition coefficient (Wildman–Crippen LogP) is 1.08. The number of carbonyl (C=O) groups is 1. The molecule has 0 fully saturated rings.